The number of benzene rings is 8. The number of anilines is 6. The molecular formula is C51H41N3. The van der Waals surface area contributed by atoms with E-state index in [2.05, 4.69) is 241 Å². The lowest BCUT2D eigenvalue weighted by atomic mass is 9.78. The molecule has 0 saturated carbocycles. The van der Waals surface area contributed by atoms with E-state index >= 15 is 0 Å². The van der Waals surface area contributed by atoms with Crippen LogP contribution in [0.2, 0.25) is 0 Å². The first-order chi connectivity index (χ1) is 26.6. The molecule has 3 nitrogen and oxygen atoms in total. The van der Waals surface area contributed by atoms with E-state index in [1.165, 1.54) is 21.9 Å². The number of para-hydroxylation sites is 4. The second kappa shape index (κ2) is 13.9. The van der Waals surface area contributed by atoms with Crippen LogP contribution in [-0.2, 0) is 5.41 Å². The quantitative estimate of drug-likeness (QED) is 0.149. The molecule has 0 fully saturated rings. The summed E-state index contributed by atoms with van der Waals surface area (Å²) in [6, 6.07) is 76.2. The van der Waals surface area contributed by atoms with E-state index in [0.29, 0.717) is 0 Å². The number of hydrogen-bond acceptors (Lipinski definition) is 2. The van der Waals surface area contributed by atoms with E-state index in [1.807, 2.05) is 0 Å². The third kappa shape index (κ3) is 6.00. The minimum absolute atomic E-state index is 0.124. The van der Waals surface area contributed by atoms with Gasteiger partial charge in [0.05, 0.1) is 11.0 Å². The number of nitrogens with zero attached hydrogens (tertiary/aromatic N) is 3. The zero-order chi connectivity index (χ0) is 36.5. The standard InChI is InChI=1S/C51H41N3/c1-51(2,38-18-8-3-9-19-38)39-28-30-44(31-29-39)54-49-34-32-45(52(40-20-10-4-11-21-40)41-22-12-5-13-23-41)36-47(49)48-37-46(33-35-50(48)54)53(42-24-14-6-15-25-42)43-26-16-7-17-27-43/h3-37H,1-2H3. The van der Waals surface area contributed by atoms with Crippen molar-refractivity contribution in [2.45, 2.75) is 19.3 Å². The smallest absolute Gasteiger partial charge is 0.0542 e. The topological polar surface area (TPSA) is 11.4 Å². The highest BCUT2D eigenvalue weighted by Crippen LogP contribution is 2.43. The molecule has 0 unspecified atom stereocenters. The maximum atomic E-state index is 2.42. The maximum Gasteiger partial charge on any atom is 0.0542 e. The van der Waals surface area contributed by atoms with Gasteiger partial charge in [0.25, 0.3) is 0 Å². The summed E-state index contributed by atoms with van der Waals surface area (Å²) in [5.74, 6) is 0. The molecule has 260 valence electrons. The summed E-state index contributed by atoms with van der Waals surface area (Å²) in [4.78, 5) is 4.68. The second-order valence-corrected chi connectivity index (χ2v) is 14.3. The van der Waals surface area contributed by atoms with Crippen molar-refractivity contribution < 1.29 is 0 Å². The predicted molar refractivity (Wildman–Crippen MR) is 229 cm³/mol. The number of rotatable bonds is 9. The van der Waals surface area contributed by atoms with E-state index in [4.69, 9.17) is 0 Å². The van der Waals surface area contributed by atoms with Crippen LogP contribution in [0, 0.1) is 0 Å². The van der Waals surface area contributed by atoms with Crippen LogP contribution in [0.4, 0.5) is 34.1 Å². The van der Waals surface area contributed by atoms with E-state index in [9.17, 15) is 0 Å². The third-order valence-electron chi connectivity index (χ3n) is 10.6. The molecule has 0 aliphatic rings. The van der Waals surface area contributed by atoms with Gasteiger partial charge in [0.2, 0.25) is 0 Å². The minimum Gasteiger partial charge on any atom is -0.310 e. The van der Waals surface area contributed by atoms with Gasteiger partial charge in [-0.05, 0) is 108 Å². The first-order valence-electron chi connectivity index (χ1n) is 18.6. The van der Waals surface area contributed by atoms with E-state index in [0.717, 1.165) is 50.8 Å². The third-order valence-corrected chi connectivity index (χ3v) is 10.6. The first kappa shape index (κ1) is 33.0. The SMILES string of the molecule is CC(C)(c1ccccc1)c1ccc(-n2c3ccc(N(c4ccccc4)c4ccccc4)cc3c3cc(N(c4ccccc4)c4ccccc4)ccc32)cc1. The molecule has 0 amide bonds. The van der Waals surface area contributed by atoms with E-state index < -0.39 is 0 Å². The average Bonchev–Trinajstić information content (AvgIpc) is 3.56. The molecular weight excluding hydrogens is 655 g/mol. The molecule has 9 aromatic rings. The van der Waals surface area contributed by atoms with Crippen molar-refractivity contribution >= 4 is 55.9 Å². The number of hydrogen-bond donors (Lipinski definition) is 0. The Morgan fingerprint density at radius 2 is 0.667 bits per heavy atom. The Balaban J connectivity index is 1.26. The molecule has 9 rings (SSSR count). The molecule has 1 aromatic heterocycles. The predicted octanol–water partition coefficient (Wildman–Crippen LogP) is 14.0. The highest BCUT2D eigenvalue weighted by atomic mass is 15.1. The molecule has 3 heteroatoms. The van der Waals surface area contributed by atoms with Gasteiger partial charge in [0.1, 0.15) is 0 Å². The largest absolute Gasteiger partial charge is 0.310 e. The summed E-state index contributed by atoms with van der Waals surface area (Å²) < 4.78 is 2.42. The van der Waals surface area contributed by atoms with Crippen LogP contribution in [0.1, 0.15) is 25.0 Å². The lowest BCUT2D eigenvalue weighted by Crippen LogP contribution is -2.18. The Hall–Kier alpha value is -6.84. The Bertz CT molecular complexity index is 2430. The monoisotopic (exact) mass is 695 g/mol. The van der Waals surface area contributed by atoms with Crippen molar-refractivity contribution in [3.05, 3.63) is 223 Å². The summed E-state index contributed by atoms with van der Waals surface area (Å²) >= 11 is 0. The molecule has 0 radical (unpaired) electrons. The Morgan fingerprint density at radius 1 is 0.333 bits per heavy atom. The summed E-state index contributed by atoms with van der Waals surface area (Å²) in [5, 5.41) is 2.38. The molecule has 0 saturated heterocycles. The van der Waals surface area contributed by atoms with Gasteiger partial charge in [-0.2, -0.15) is 0 Å². The van der Waals surface area contributed by atoms with Crippen LogP contribution in [0.5, 0.6) is 0 Å². The van der Waals surface area contributed by atoms with Crippen molar-refractivity contribution in [3.63, 3.8) is 0 Å². The van der Waals surface area contributed by atoms with E-state index in [-0.39, 0.29) is 5.41 Å². The molecule has 1 heterocycles. The summed E-state index contributed by atoms with van der Waals surface area (Å²) in [7, 11) is 0. The van der Waals surface area contributed by atoms with Gasteiger partial charge in [-0.3, -0.25) is 0 Å². The van der Waals surface area contributed by atoms with Gasteiger partial charge in [0.15, 0.2) is 0 Å². The van der Waals surface area contributed by atoms with Gasteiger partial charge in [-0.1, -0.05) is 129 Å². The average molecular weight is 696 g/mol. The fourth-order valence-corrected chi connectivity index (χ4v) is 7.81. The van der Waals surface area contributed by atoms with Crippen LogP contribution < -0.4 is 9.80 Å². The lowest BCUT2D eigenvalue weighted by Gasteiger charge is -2.26. The van der Waals surface area contributed by atoms with Crippen LogP contribution in [-0.4, -0.2) is 4.57 Å². The fourth-order valence-electron chi connectivity index (χ4n) is 7.81. The zero-order valence-electron chi connectivity index (χ0n) is 30.5. The second-order valence-electron chi connectivity index (χ2n) is 14.3. The van der Waals surface area contributed by atoms with Crippen molar-refractivity contribution in [2.75, 3.05) is 9.80 Å². The van der Waals surface area contributed by atoms with Crippen molar-refractivity contribution in [1.29, 1.82) is 0 Å². The summed E-state index contributed by atoms with van der Waals surface area (Å²) in [5.41, 5.74) is 12.6. The van der Waals surface area contributed by atoms with Crippen LogP contribution in [0.25, 0.3) is 27.5 Å². The van der Waals surface area contributed by atoms with Gasteiger partial charge >= 0.3 is 0 Å². The summed E-state index contributed by atoms with van der Waals surface area (Å²) in [6.45, 7) is 4.61. The molecule has 0 bridgehead atoms. The van der Waals surface area contributed by atoms with Gasteiger partial charge in [0, 0.05) is 56.0 Å². The lowest BCUT2D eigenvalue weighted by molar-refractivity contribution is 0.641. The normalized spacial score (nSPS) is 11.5. The zero-order valence-corrected chi connectivity index (χ0v) is 30.5. The minimum atomic E-state index is -0.124. The van der Waals surface area contributed by atoms with Crippen LogP contribution in [0.15, 0.2) is 212 Å². The molecule has 0 N–H and O–H groups in total. The van der Waals surface area contributed by atoms with Crippen LogP contribution in [0.3, 0.4) is 0 Å². The summed E-state index contributed by atoms with van der Waals surface area (Å²) in [6.07, 6.45) is 0. The molecule has 0 aliphatic carbocycles. The Labute approximate surface area is 317 Å². The fraction of sp³-hybridized carbons (Fsp3) is 0.0588. The van der Waals surface area contributed by atoms with Crippen molar-refractivity contribution in [3.8, 4) is 5.69 Å². The molecule has 8 aromatic carbocycles. The molecule has 0 spiro atoms. The Morgan fingerprint density at radius 3 is 1.04 bits per heavy atom. The van der Waals surface area contributed by atoms with Crippen LogP contribution >= 0.6 is 0 Å². The number of fused-ring (bicyclic) bond motifs is 3. The molecule has 54 heavy (non-hydrogen) atoms. The van der Waals surface area contributed by atoms with Gasteiger partial charge in [-0.25, -0.2) is 0 Å². The molecule has 0 aliphatic heterocycles. The highest BCUT2D eigenvalue weighted by molar-refractivity contribution is 6.12. The van der Waals surface area contributed by atoms with Gasteiger partial charge in [-0.15, -0.1) is 0 Å². The Kier molecular flexibility index (Phi) is 8.53. The van der Waals surface area contributed by atoms with Crippen molar-refractivity contribution in [2.24, 2.45) is 0 Å². The van der Waals surface area contributed by atoms with Crippen molar-refractivity contribution in [1.82, 2.24) is 4.57 Å². The number of aromatic nitrogens is 1. The maximum absolute atomic E-state index is 2.42. The highest BCUT2D eigenvalue weighted by Gasteiger charge is 2.24. The van der Waals surface area contributed by atoms with E-state index in [1.54, 1.807) is 0 Å². The first-order valence-corrected chi connectivity index (χ1v) is 18.6. The molecule has 0 atom stereocenters. The van der Waals surface area contributed by atoms with Gasteiger partial charge < -0.3 is 14.4 Å².